The van der Waals surface area contributed by atoms with Gasteiger partial charge in [0, 0.05) is 0 Å². The van der Waals surface area contributed by atoms with Gasteiger partial charge >= 0.3 is 0 Å². The third kappa shape index (κ3) is 10.2. The van der Waals surface area contributed by atoms with Crippen LogP contribution in [-0.4, -0.2) is 79.3 Å². The largest absolute Gasteiger partial charge is 0.491 e. The number of benzene rings is 2. The molecule has 0 saturated carbocycles. The second-order valence-electron chi connectivity index (χ2n) is 6.79. The molecule has 0 saturated heterocycles. The maximum Gasteiger partial charge on any atom is 0.119 e. The molecule has 32 heavy (non-hydrogen) atoms. The van der Waals surface area contributed by atoms with Crippen LogP contribution in [0.25, 0.3) is 0 Å². The lowest BCUT2D eigenvalue weighted by Gasteiger charge is -2.11. The molecule has 6 rings (SSSR count). The Labute approximate surface area is 189 Å². The van der Waals surface area contributed by atoms with Gasteiger partial charge in [-0.1, -0.05) is 0 Å². The van der Waals surface area contributed by atoms with Crippen LogP contribution >= 0.6 is 0 Å². The van der Waals surface area contributed by atoms with Crippen molar-refractivity contribution in [2.45, 2.75) is 0 Å². The van der Waals surface area contributed by atoms with Crippen LogP contribution in [-0.2, 0) is 18.9 Å². The molecular formula is C24H32O8. The lowest BCUT2D eigenvalue weighted by atomic mass is 10.3. The van der Waals surface area contributed by atoms with Gasteiger partial charge < -0.3 is 37.9 Å². The fourth-order valence-electron chi connectivity index (χ4n) is 2.78. The molecule has 8 heteroatoms. The summed E-state index contributed by atoms with van der Waals surface area (Å²) in [6.45, 7) is 5.89. The van der Waals surface area contributed by atoms with E-state index in [4.69, 9.17) is 37.9 Å². The van der Waals surface area contributed by atoms with E-state index < -0.39 is 0 Å². The molecule has 4 heterocycles. The third-order valence-corrected chi connectivity index (χ3v) is 4.38. The molecule has 2 aromatic carbocycles. The molecule has 0 radical (unpaired) electrons. The molecule has 4 aliphatic rings. The minimum atomic E-state index is 0.471. The number of hydrogen-bond acceptors (Lipinski definition) is 8. The maximum absolute atomic E-state index is 5.66. The summed E-state index contributed by atoms with van der Waals surface area (Å²) < 4.78 is 44.7. The number of hydrogen-bond donors (Lipinski definition) is 0. The molecule has 0 unspecified atom stereocenters. The molecule has 0 N–H and O–H groups in total. The Kier molecular flexibility index (Phi) is 11.5. The van der Waals surface area contributed by atoms with E-state index >= 15 is 0 Å². The predicted octanol–water partition coefficient (Wildman–Crippen LogP) is 2.98. The van der Waals surface area contributed by atoms with Crippen molar-refractivity contribution in [2.75, 3.05) is 79.3 Å². The van der Waals surface area contributed by atoms with Crippen LogP contribution in [0, 0.1) is 0 Å². The Hall–Kier alpha value is -2.52. The fourth-order valence-corrected chi connectivity index (χ4v) is 2.78. The molecule has 4 bridgehead atoms. The second kappa shape index (κ2) is 15.3. The number of rotatable bonds is 0. The molecule has 0 aromatic heterocycles. The number of ether oxygens (including phenoxy) is 8. The first-order chi connectivity index (χ1) is 15.9. The van der Waals surface area contributed by atoms with Gasteiger partial charge in [-0.05, 0) is 48.5 Å². The van der Waals surface area contributed by atoms with E-state index in [0.717, 1.165) is 23.0 Å². The van der Waals surface area contributed by atoms with Crippen LogP contribution < -0.4 is 18.9 Å². The van der Waals surface area contributed by atoms with Crippen molar-refractivity contribution in [1.29, 1.82) is 0 Å². The van der Waals surface area contributed by atoms with Crippen molar-refractivity contribution >= 4 is 0 Å². The Morgan fingerprint density at radius 1 is 0.281 bits per heavy atom. The van der Waals surface area contributed by atoms with E-state index in [0.29, 0.717) is 79.3 Å². The van der Waals surface area contributed by atoms with Crippen molar-refractivity contribution in [3.63, 3.8) is 0 Å². The highest BCUT2D eigenvalue weighted by molar-refractivity contribution is 5.31. The van der Waals surface area contributed by atoms with E-state index in [-0.39, 0.29) is 0 Å². The van der Waals surface area contributed by atoms with E-state index in [9.17, 15) is 0 Å². The molecular weight excluding hydrogens is 416 g/mol. The van der Waals surface area contributed by atoms with Gasteiger partial charge in [-0.3, -0.25) is 0 Å². The standard InChI is InChI=1S/C24H32O8/c1-2-22-4-3-21(1)29-17-13-25-9-10-27-15-19-31-23-5-7-24(8-6-23)32-20-16-28-12-11-26-14-18-30-22/h1-8H,9-20H2. The summed E-state index contributed by atoms with van der Waals surface area (Å²) in [6, 6.07) is 15.0. The highest BCUT2D eigenvalue weighted by Crippen LogP contribution is 2.18. The van der Waals surface area contributed by atoms with Crippen LogP contribution in [0.4, 0.5) is 0 Å². The normalized spacial score (nSPS) is 18.2. The first-order valence-corrected chi connectivity index (χ1v) is 10.9. The average molecular weight is 449 g/mol. The molecule has 4 aliphatic heterocycles. The van der Waals surface area contributed by atoms with Crippen molar-refractivity contribution < 1.29 is 37.9 Å². The maximum atomic E-state index is 5.66. The summed E-state index contributed by atoms with van der Waals surface area (Å²) in [7, 11) is 0. The first-order valence-electron chi connectivity index (χ1n) is 10.9. The summed E-state index contributed by atoms with van der Waals surface area (Å²) in [5.41, 5.74) is 0. The van der Waals surface area contributed by atoms with Gasteiger partial charge in [0.15, 0.2) is 0 Å². The zero-order chi connectivity index (χ0) is 22.1. The minimum Gasteiger partial charge on any atom is -0.491 e. The molecule has 8 nitrogen and oxygen atoms in total. The van der Waals surface area contributed by atoms with E-state index in [1.807, 2.05) is 48.5 Å². The molecule has 0 atom stereocenters. The van der Waals surface area contributed by atoms with Gasteiger partial charge in [0.25, 0.3) is 0 Å². The van der Waals surface area contributed by atoms with Crippen molar-refractivity contribution in [2.24, 2.45) is 0 Å². The van der Waals surface area contributed by atoms with Crippen LogP contribution in [0.5, 0.6) is 23.0 Å². The smallest absolute Gasteiger partial charge is 0.119 e. The van der Waals surface area contributed by atoms with E-state index in [1.165, 1.54) is 0 Å². The second-order valence-corrected chi connectivity index (χ2v) is 6.79. The monoisotopic (exact) mass is 448 g/mol. The van der Waals surface area contributed by atoms with Gasteiger partial charge in [-0.25, -0.2) is 0 Å². The predicted molar refractivity (Wildman–Crippen MR) is 118 cm³/mol. The van der Waals surface area contributed by atoms with E-state index in [2.05, 4.69) is 0 Å². The first kappa shape index (κ1) is 24.1. The zero-order valence-electron chi connectivity index (χ0n) is 18.4. The van der Waals surface area contributed by atoms with Gasteiger partial charge in [-0.15, -0.1) is 0 Å². The molecule has 0 spiro atoms. The van der Waals surface area contributed by atoms with Gasteiger partial charge in [0.05, 0.1) is 52.9 Å². The van der Waals surface area contributed by atoms with Crippen LogP contribution in [0.2, 0.25) is 0 Å². The molecule has 176 valence electrons. The van der Waals surface area contributed by atoms with Crippen LogP contribution in [0.3, 0.4) is 0 Å². The Balaban J connectivity index is 1.39. The topological polar surface area (TPSA) is 73.8 Å². The lowest BCUT2D eigenvalue weighted by molar-refractivity contribution is 0.0267. The van der Waals surface area contributed by atoms with E-state index in [1.54, 1.807) is 0 Å². The summed E-state index contributed by atoms with van der Waals surface area (Å²) >= 11 is 0. The average Bonchev–Trinajstić information content (AvgIpc) is 2.82. The summed E-state index contributed by atoms with van der Waals surface area (Å²) in [5, 5.41) is 0. The minimum absolute atomic E-state index is 0.471. The quantitative estimate of drug-likeness (QED) is 0.609. The highest BCUT2D eigenvalue weighted by Gasteiger charge is 2.00. The molecule has 2 aromatic rings. The Morgan fingerprint density at radius 2 is 0.469 bits per heavy atom. The summed E-state index contributed by atoms with van der Waals surface area (Å²) in [5.74, 6) is 3.08. The SMILES string of the molecule is c1cc2ccc1OCCOCCOCCOc1ccc(cc1)OCCOCCOCCO2. The van der Waals surface area contributed by atoms with Gasteiger partial charge in [-0.2, -0.15) is 0 Å². The van der Waals surface area contributed by atoms with Crippen molar-refractivity contribution in [3.05, 3.63) is 48.5 Å². The van der Waals surface area contributed by atoms with Crippen molar-refractivity contribution in [1.82, 2.24) is 0 Å². The summed E-state index contributed by atoms with van der Waals surface area (Å²) in [6.07, 6.45) is 0. The molecule has 0 amide bonds. The van der Waals surface area contributed by atoms with Gasteiger partial charge in [0.2, 0.25) is 0 Å². The van der Waals surface area contributed by atoms with Crippen LogP contribution in [0.15, 0.2) is 48.5 Å². The highest BCUT2D eigenvalue weighted by atomic mass is 16.6. The Bertz CT molecular complexity index is 594. The molecule has 0 fully saturated rings. The van der Waals surface area contributed by atoms with Gasteiger partial charge in [0.1, 0.15) is 49.4 Å². The third-order valence-electron chi connectivity index (χ3n) is 4.38. The molecule has 0 aliphatic carbocycles. The van der Waals surface area contributed by atoms with Crippen molar-refractivity contribution in [3.8, 4) is 23.0 Å². The lowest BCUT2D eigenvalue weighted by Crippen LogP contribution is -2.14. The van der Waals surface area contributed by atoms with Crippen LogP contribution in [0.1, 0.15) is 0 Å². The Morgan fingerprint density at radius 3 is 0.688 bits per heavy atom. The fraction of sp³-hybridized carbons (Fsp3) is 0.500. The zero-order valence-corrected chi connectivity index (χ0v) is 18.4. The summed E-state index contributed by atoms with van der Waals surface area (Å²) in [4.78, 5) is 0.